The summed E-state index contributed by atoms with van der Waals surface area (Å²) >= 11 is 0. The van der Waals surface area contributed by atoms with Crippen LogP contribution in [0.5, 0.6) is 0 Å². The summed E-state index contributed by atoms with van der Waals surface area (Å²) < 4.78 is 1.93. The van der Waals surface area contributed by atoms with Gasteiger partial charge in [-0.1, -0.05) is 13.8 Å². The summed E-state index contributed by atoms with van der Waals surface area (Å²) in [6.07, 6.45) is 6.35. The second-order valence-electron chi connectivity index (χ2n) is 5.54. The van der Waals surface area contributed by atoms with Crippen LogP contribution in [-0.4, -0.2) is 34.4 Å². The van der Waals surface area contributed by atoms with Crippen molar-refractivity contribution in [2.24, 2.45) is 13.0 Å². The molecule has 0 unspecified atom stereocenters. The third-order valence-electron chi connectivity index (χ3n) is 3.16. The molecule has 1 aliphatic carbocycles. The Balaban J connectivity index is 1.95. The van der Waals surface area contributed by atoms with E-state index in [-0.39, 0.29) is 5.78 Å². The number of hydrogen-bond donors (Lipinski definition) is 0. The van der Waals surface area contributed by atoms with Gasteiger partial charge in [0.05, 0.1) is 6.54 Å². The molecule has 0 saturated heterocycles. The number of rotatable bonds is 6. The van der Waals surface area contributed by atoms with Gasteiger partial charge in [-0.2, -0.15) is 0 Å². The summed E-state index contributed by atoms with van der Waals surface area (Å²) in [6.45, 7) is 6.03. The Bertz CT molecular complexity index is 391. The van der Waals surface area contributed by atoms with Crippen LogP contribution < -0.4 is 0 Å². The molecule has 0 aliphatic heterocycles. The van der Waals surface area contributed by atoms with Crippen molar-refractivity contribution in [3.05, 3.63) is 24.0 Å². The van der Waals surface area contributed by atoms with Gasteiger partial charge in [-0.3, -0.25) is 9.69 Å². The first kappa shape index (κ1) is 12.4. The first-order chi connectivity index (χ1) is 8.06. The Morgan fingerprint density at radius 2 is 2.24 bits per heavy atom. The number of nitrogens with zero attached hydrogens (tertiary/aromatic N) is 2. The van der Waals surface area contributed by atoms with E-state index in [4.69, 9.17) is 0 Å². The molecule has 0 radical (unpaired) electrons. The van der Waals surface area contributed by atoms with E-state index < -0.39 is 0 Å². The van der Waals surface area contributed by atoms with E-state index in [9.17, 15) is 4.79 Å². The molecule has 1 heterocycles. The molecule has 0 amide bonds. The number of aromatic nitrogens is 1. The van der Waals surface area contributed by atoms with Crippen LogP contribution in [0.15, 0.2) is 18.5 Å². The molecule has 0 atom stereocenters. The Morgan fingerprint density at radius 3 is 2.71 bits per heavy atom. The maximum Gasteiger partial charge on any atom is 0.178 e. The molecule has 3 heteroatoms. The number of ketones is 1. The lowest BCUT2D eigenvalue weighted by Crippen LogP contribution is -2.34. The molecule has 0 spiro atoms. The third kappa shape index (κ3) is 3.43. The van der Waals surface area contributed by atoms with Crippen LogP contribution in [0.4, 0.5) is 0 Å². The maximum absolute atomic E-state index is 12.1. The first-order valence-electron chi connectivity index (χ1n) is 6.45. The predicted octanol–water partition coefficient (Wildman–Crippen LogP) is 2.33. The lowest BCUT2D eigenvalue weighted by Gasteiger charge is -2.22. The van der Waals surface area contributed by atoms with E-state index in [1.54, 1.807) is 0 Å². The molecule has 94 valence electrons. The smallest absolute Gasteiger partial charge is 0.178 e. The van der Waals surface area contributed by atoms with Crippen molar-refractivity contribution in [2.75, 3.05) is 13.1 Å². The average Bonchev–Trinajstić information content (AvgIpc) is 2.99. The van der Waals surface area contributed by atoms with Crippen LogP contribution >= 0.6 is 0 Å². The van der Waals surface area contributed by atoms with Crippen LogP contribution in [0.1, 0.15) is 37.0 Å². The molecular weight excluding hydrogens is 212 g/mol. The molecule has 1 saturated carbocycles. The SMILES string of the molecule is CC(C)CN(CC(=O)c1ccn(C)c1)C1CC1. The minimum Gasteiger partial charge on any atom is -0.357 e. The molecule has 1 fully saturated rings. The normalized spacial score (nSPS) is 15.8. The highest BCUT2D eigenvalue weighted by Crippen LogP contribution is 2.27. The van der Waals surface area contributed by atoms with E-state index in [2.05, 4.69) is 18.7 Å². The maximum atomic E-state index is 12.1. The minimum atomic E-state index is 0.248. The molecule has 0 aromatic carbocycles. The third-order valence-corrected chi connectivity index (χ3v) is 3.16. The van der Waals surface area contributed by atoms with Gasteiger partial charge in [0.25, 0.3) is 0 Å². The van der Waals surface area contributed by atoms with E-state index >= 15 is 0 Å². The van der Waals surface area contributed by atoms with Crippen LogP contribution in [0.2, 0.25) is 0 Å². The van der Waals surface area contributed by atoms with E-state index in [1.807, 2.05) is 30.1 Å². The van der Waals surface area contributed by atoms with Gasteiger partial charge < -0.3 is 4.57 Å². The van der Waals surface area contributed by atoms with Gasteiger partial charge in [0.2, 0.25) is 0 Å². The zero-order valence-electron chi connectivity index (χ0n) is 11.0. The molecular formula is C14H22N2O. The average molecular weight is 234 g/mol. The lowest BCUT2D eigenvalue weighted by molar-refractivity contribution is 0.0915. The summed E-state index contributed by atoms with van der Waals surface area (Å²) in [7, 11) is 1.95. The standard InChI is InChI=1S/C14H22N2O/c1-11(2)8-16(13-4-5-13)10-14(17)12-6-7-15(3)9-12/h6-7,9,11,13H,4-5,8,10H2,1-3H3. The van der Waals surface area contributed by atoms with Gasteiger partial charge in [-0.05, 0) is 24.8 Å². The largest absolute Gasteiger partial charge is 0.357 e. The lowest BCUT2D eigenvalue weighted by atomic mass is 10.1. The Labute approximate surface area is 103 Å². The monoisotopic (exact) mass is 234 g/mol. The van der Waals surface area contributed by atoms with Gasteiger partial charge >= 0.3 is 0 Å². The van der Waals surface area contributed by atoms with Gasteiger partial charge in [0.15, 0.2) is 5.78 Å². The van der Waals surface area contributed by atoms with Gasteiger partial charge in [-0.15, -0.1) is 0 Å². The number of hydrogen-bond acceptors (Lipinski definition) is 2. The number of carbonyl (C=O) groups is 1. The van der Waals surface area contributed by atoms with Crippen LogP contribution in [-0.2, 0) is 7.05 Å². The zero-order chi connectivity index (χ0) is 12.4. The van der Waals surface area contributed by atoms with Crippen LogP contribution in [0.3, 0.4) is 0 Å². The van der Waals surface area contributed by atoms with E-state index in [0.29, 0.717) is 18.5 Å². The van der Waals surface area contributed by atoms with Crippen molar-refractivity contribution >= 4 is 5.78 Å². The van der Waals surface area contributed by atoms with Crippen molar-refractivity contribution in [2.45, 2.75) is 32.7 Å². The number of aryl methyl sites for hydroxylation is 1. The fraction of sp³-hybridized carbons (Fsp3) is 0.643. The van der Waals surface area contributed by atoms with Gasteiger partial charge in [-0.25, -0.2) is 0 Å². The zero-order valence-corrected chi connectivity index (χ0v) is 11.0. The van der Waals surface area contributed by atoms with E-state index in [0.717, 1.165) is 12.1 Å². The molecule has 0 N–H and O–H groups in total. The van der Waals surface area contributed by atoms with Crippen molar-refractivity contribution in [3.8, 4) is 0 Å². The molecule has 1 aliphatic rings. The number of carbonyl (C=O) groups excluding carboxylic acids is 1. The van der Waals surface area contributed by atoms with Crippen LogP contribution in [0.25, 0.3) is 0 Å². The Kier molecular flexibility index (Phi) is 3.67. The summed E-state index contributed by atoms with van der Waals surface area (Å²) in [6, 6.07) is 2.56. The molecule has 2 rings (SSSR count). The van der Waals surface area contributed by atoms with E-state index in [1.165, 1.54) is 12.8 Å². The molecule has 0 bridgehead atoms. The van der Waals surface area contributed by atoms with Crippen molar-refractivity contribution in [3.63, 3.8) is 0 Å². The molecule has 3 nitrogen and oxygen atoms in total. The summed E-state index contributed by atoms with van der Waals surface area (Å²) in [5.74, 6) is 0.873. The van der Waals surface area contributed by atoms with Crippen molar-refractivity contribution < 1.29 is 4.79 Å². The second kappa shape index (κ2) is 5.05. The summed E-state index contributed by atoms with van der Waals surface area (Å²) in [5.41, 5.74) is 0.835. The number of Topliss-reactive ketones (excluding diaryl/α,β-unsaturated/α-hetero) is 1. The highest BCUT2D eigenvalue weighted by Gasteiger charge is 2.30. The highest BCUT2D eigenvalue weighted by molar-refractivity contribution is 5.97. The minimum absolute atomic E-state index is 0.248. The summed E-state index contributed by atoms with van der Waals surface area (Å²) in [4.78, 5) is 14.5. The quantitative estimate of drug-likeness (QED) is 0.706. The fourth-order valence-electron chi connectivity index (χ4n) is 2.20. The van der Waals surface area contributed by atoms with Gasteiger partial charge in [0, 0.05) is 37.6 Å². The summed E-state index contributed by atoms with van der Waals surface area (Å²) in [5, 5.41) is 0. The first-order valence-corrected chi connectivity index (χ1v) is 6.45. The molecule has 1 aromatic heterocycles. The van der Waals surface area contributed by atoms with Crippen LogP contribution in [0, 0.1) is 5.92 Å². The molecule has 1 aromatic rings. The Hall–Kier alpha value is -1.09. The predicted molar refractivity (Wildman–Crippen MR) is 69.2 cm³/mol. The van der Waals surface area contributed by atoms with Crippen molar-refractivity contribution in [1.29, 1.82) is 0 Å². The van der Waals surface area contributed by atoms with Gasteiger partial charge in [0.1, 0.15) is 0 Å². The fourth-order valence-corrected chi connectivity index (χ4v) is 2.20. The molecule has 17 heavy (non-hydrogen) atoms. The second-order valence-corrected chi connectivity index (χ2v) is 5.54. The highest BCUT2D eigenvalue weighted by atomic mass is 16.1. The topological polar surface area (TPSA) is 25.2 Å². The Morgan fingerprint density at radius 1 is 1.53 bits per heavy atom. The van der Waals surface area contributed by atoms with Crippen molar-refractivity contribution in [1.82, 2.24) is 9.47 Å².